The molecule has 0 aliphatic rings. The molecule has 6 N–H and O–H groups in total. The van der Waals surface area contributed by atoms with Gasteiger partial charge < -0.3 is 35.1 Å². The van der Waals surface area contributed by atoms with Gasteiger partial charge in [0.1, 0.15) is 33.8 Å². The Morgan fingerprint density at radius 3 is 2.47 bits per heavy atom. The molecule has 58 heavy (non-hydrogen) atoms. The van der Waals surface area contributed by atoms with E-state index in [4.69, 9.17) is 29.7 Å². The molecule has 18 nitrogen and oxygen atoms in total. The van der Waals surface area contributed by atoms with Gasteiger partial charge in [-0.1, -0.05) is 19.1 Å². The molecule has 3 amide bonds. The number of aromatic nitrogens is 9. The zero-order valence-corrected chi connectivity index (χ0v) is 33.4. The number of primary amides is 2. The van der Waals surface area contributed by atoms with Gasteiger partial charge in [0.2, 0.25) is 18.1 Å². The van der Waals surface area contributed by atoms with E-state index in [2.05, 4.69) is 36.4 Å². The number of oxazole rings is 1. The minimum absolute atomic E-state index is 0.151. The Morgan fingerprint density at radius 1 is 1.00 bits per heavy atom. The van der Waals surface area contributed by atoms with Crippen molar-refractivity contribution in [3.8, 4) is 17.3 Å². The number of carbonyl (C=O) groups excluding carboxylic acids is 3. The van der Waals surface area contributed by atoms with Gasteiger partial charge in [-0.2, -0.15) is 5.10 Å². The number of pyridine rings is 1. The molecule has 0 aliphatic carbocycles. The fourth-order valence-corrected chi connectivity index (χ4v) is 6.72. The zero-order valence-electron chi connectivity index (χ0n) is 33.4. The summed E-state index contributed by atoms with van der Waals surface area (Å²) in [5.41, 5.74) is 16.6. The van der Waals surface area contributed by atoms with Crippen LogP contribution in [0.15, 0.2) is 53.1 Å². The predicted molar refractivity (Wildman–Crippen MR) is 219 cm³/mol. The van der Waals surface area contributed by atoms with Crippen molar-refractivity contribution in [3.63, 3.8) is 0 Å². The maximum atomic E-state index is 13.6. The first kappa shape index (κ1) is 40.7. The standard InChI is InChI=1S/C39H44N12O4.CH3NO/c1-7-26-34(55-24(5)43-26)38(53)47-39-45-28-18-22(3)19-31(54-17-11-14-41-6)33(28)50(39)16-10-9-15-49-29-13-12-27(35(40)52)44-32(29)25-21-42-36(46-37(25)49)30-20-23(4)48-51(30)8-2;2-1-3/h9-10,12-13,18-21,41H,7-8,11,14-17H2,1-6H3,(H2,40,52)(H,45,47,53);1H,(H2,2,3)/b10-9+;. The number of nitrogens with zero attached hydrogens (tertiary/aromatic N) is 9. The van der Waals surface area contributed by atoms with Gasteiger partial charge >= 0.3 is 0 Å². The van der Waals surface area contributed by atoms with Crippen LogP contribution in [-0.4, -0.2) is 82.3 Å². The van der Waals surface area contributed by atoms with Crippen molar-refractivity contribution in [2.75, 3.05) is 25.5 Å². The van der Waals surface area contributed by atoms with E-state index in [-0.39, 0.29) is 17.9 Å². The number of carbonyl (C=O) groups is 3. The minimum atomic E-state index is -0.622. The van der Waals surface area contributed by atoms with Crippen LogP contribution in [0, 0.1) is 20.8 Å². The molecule has 0 saturated carbocycles. The maximum Gasteiger partial charge on any atom is 0.295 e. The molecule has 0 atom stereocenters. The number of anilines is 1. The summed E-state index contributed by atoms with van der Waals surface area (Å²) < 4.78 is 17.8. The van der Waals surface area contributed by atoms with E-state index in [1.54, 1.807) is 19.2 Å². The van der Waals surface area contributed by atoms with Crippen LogP contribution in [0.2, 0.25) is 0 Å². The molecule has 0 saturated heterocycles. The number of nitrogens with one attached hydrogen (secondary N) is 2. The second-order valence-corrected chi connectivity index (χ2v) is 13.4. The summed E-state index contributed by atoms with van der Waals surface area (Å²) in [6.45, 7) is 12.3. The first-order valence-electron chi connectivity index (χ1n) is 18.9. The number of rotatable bonds is 15. The Hall–Kier alpha value is -6.95. The van der Waals surface area contributed by atoms with Gasteiger partial charge in [-0.15, -0.1) is 0 Å². The molecular weight excluding hydrogens is 743 g/mol. The number of nitrogens with two attached hydrogens (primary N) is 2. The molecule has 0 unspecified atom stereocenters. The van der Waals surface area contributed by atoms with Gasteiger partial charge in [0.25, 0.3) is 11.8 Å². The second-order valence-electron chi connectivity index (χ2n) is 13.4. The number of benzene rings is 1. The van der Waals surface area contributed by atoms with Crippen molar-refractivity contribution in [2.24, 2.45) is 11.5 Å². The third-order valence-corrected chi connectivity index (χ3v) is 9.22. The lowest BCUT2D eigenvalue weighted by molar-refractivity contribution is -0.106. The molecule has 0 aliphatic heterocycles. The van der Waals surface area contributed by atoms with Crippen LogP contribution in [-0.2, 0) is 30.8 Å². The fraction of sp³-hybridized carbons (Fsp3) is 0.325. The number of aryl methyl sites for hydroxylation is 5. The van der Waals surface area contributed by atoms with Crippen LogP contribution in [0.1, 0.15) is 64.2 Å². The lowest BCUT2D eigenvalue weighted by atomic mass is 10.2. The van der Waals surface area contributed by atoms with Crippen molar-refractivity contribution < 1.29 is 23.5 Å². The van der Waals surface area contributed by atoms with E-state index < -0.39 is 11.8 Å². The van der Waals surface area contributed by atoms with Crippen molar-refractivity contribution in [3.05, 3.63) is 83.0 Å². The lowest BCUT2D eigenvalue weighted by Gasteiger charge is -2.12. The number of allylic oxidation sites excluding steroid dienone is 2. The van der Waals surface area contributed by atoms with Gasteiger partial charge in [-0.3, -0.25) is 24.4 Å². The Bertz CT molecular complexity index is 2650. The van der Waals surface area contributed by atoms with E-state index in [0.717, 1.165) is 41.0 Å². The first-order valence-corrected chi connectivity index (χ1v) is 18.9. The number of ether oxygens (including phenoxy) is 1. The number of amides is 3. The van der Waals surface area contributed by atoms with Crippen molar-refractivity contribution in [1.29, 1.82) is 0 Å². The molecule has 0 spiro atoms. The maximum absolute atomic E-state index is 13.6. The van der Waals surface area contributed by atoms with Gasteiger partial charge in [0.15, 0.2) is 11.7 Å². The molecule has 0 bridgehead atoms. The SMILES string of the molecule is CCc1nc(C)oc1C(=O)Nc1nc2cc(C)cc(OCCCNC)c2n1C/C=C/Cn1c2ccc(C(N)=O)nc2c2cnc(-c3cc(C)nn3CC)nc21.NC=O. The molecule has 7 aromatic rings. The average Bonchev–Trinajstić information content (AvgIpc) is 3.96. The van der Waals surface area contributed by atoms with Gasteiger partial charge in [-0.05, 0) is 83.1 Å². The number of fused-ring (bicyclic) bond motifs is 4. The molecule has 0 fully saturated rings. The van der Waals surface area contributed by atoms with E-state index in [1.807, 2.05) is 85.0 Å². The van der Waals surface area contributed by atoms with Crippen LogP contribution in [0.3, 0.4) is 0 Å². The highest BCUT2D eigenvalue weighted by Crippen LogP contribution is 2.32. The molecule has 6 heterocycles. The fourth-order valence-electron chi connectivity index (χ4n) is 6.72. The van der Waals surface area contributed by atoms with Crippen LogP contribution in [0.25, 0.3) is 44.6 Å². The second kappa shape index (κ2) is 17.9. The van der Waals surface area contributed by atoms with Crippen molar-refractivity contribution in [1.82, 2.24) is 49.2 Å². The van der Waals surface area contributed by atoms with Gasteiger partial charge in [0.05, 0.1) is 34.4 Å². The Morgan fingerprint density at radius 2 is 1.76 bits per heavy atom. The summed E-state index contributed by atoms with van der Waals surface area (Å²) in [5, 5.41) is 11.4. The summed E-state index contributed by atoms with van der Waals surface area (Å²) in [5.74, 6) is 1.05. The van der Waals surface area contributed by atoms with Crippen LogP contribution >= 0.6 is 0 Å². The third-order valence-electron chi connectivity index (χ3n) is 9.22. The smallest absolute Gasteiger partial charge is 0.295 e. The summed E-state index contributed by atoms with van der Waals surface area (Å²) in [6, 6.07) is 9.35. The van der Waals surface area contributed by atoms with E-state index in [0.29, 0.717) is 83.8 Å². The van der Waals surface area contributed by atoms with Crippen LogP contribution in [0.5, 0.6) is 5.75 Å². The summed E-state index contributed by atoms with van der Waals surface area (Å²) in [6.07, 6.45) is 7.34. The molecular formula is C40H47N13O5. The number of hydrogen-bond donors (Lipinski definition) is 4. The minimum Gasteiger partial charge on any atom is -0.491 e. The summed E-state index contributed by atoms with van der Waals surface area (Å²) >= 11 is 0. The Balaban J connectivity index is 0.00000183. The Kier molecular flexibility index (Phi) is 12.6. The van der Waals surface area contributed by atoms with Crippen LogP contribution < -0.4 is 26.8 Å². The van der Waals surface area contributed by atoms with Gasteiger partial charge in [0, 0.05) is 32.8 Å². The topological polar surface area (TPSA) is 242 Å². The van der Waals surface area contributed by atoms with Crippen molar-refractivity contribution in [2.45, 2.75) is 67.1 Å². The molecule has 18 heteroatoms. The lowest BCUT2D eigenvalue weighted by Crippen LogP contribution is -2.17. The monoisotopic (exact) mass is 789 g/mol. The normalized spacial score (nSPS) is 11.4. The van der Waals surface area contributed by atoms with Crippen molar-refractivity contribution >= 4 is 57.3 Å². The van der Waals surface area contributed by atoms with Crippen LogP contribution in [0.4, 0.5) is 5.95 Å². The first-order chi connectivity index (χ1) is 28.0. The molecule has 7 rings (SSSR count). The molecule has 0 radical (unpaired) electrons. The van der Waals surface area contributed by atoms with E-state index in [1.165, 1.54) is 0 Å². The summed E-state index contributed by atoms with van der Waals surface area (Å²) in [7, 11) is 1.91. The largest absolute Gasteiger partial charge is 0.491 e. The molecule has 302 valence electrons. The molecule has 1 aromatic carbocycles. The highest BCUT2D eigenvalue weighted by molar-refractivity contribution is 6.06. The van der Waals surface area contributed by atoms with E-state index in [9.17, 15) is 9.59 Å². The highest BCUT2D eigenvalue weighted by atomic mass is 16.5. The summed E-state index contributed by atoms with van der Waals surface area (Å²) in [4.78, 5) is 57.8. The number of hydrogen-bond acceptors (Lipinski definition) is 12. The number of imidazole rings is 1. The average molecular weight is 790 g/mol. The molecule has 6 aromatic heterocycles. The zero-order chi connectivity index (χ0) is 41.5. The highest BCUT2D eigenvalue weighted by Gasteiger charge is 2.23. The quantitative estimate of drug-likeness (QED) is 0.0643. The van der Waals surface area contributed by atoms with Gasteiger partial charge in [-0.25, -0.2) is 24.9 Å². The third kappa shape index (κ3) is 8.41. The predicted octanol–water partition coefficient (Wildman–Crippen LogP) is 4.39. The Labute approximate surface area is 333 Å². The van der Waals surface area contributed by atoms with E-state index >= 15 is 0 Å².